The van der Waals surface area contributed by atoms with Gasteiger partial charge in [-0.25, -0.2) is 0 Å². The molecule has 3 aliphatic rings. The highest BCUT2D eigenvalue weighted by Crippen LogP contribution is 2.39. The van der Waals surface area contributed by atoms with Gasteiger partial charge in [0.25, 0.3) is 11.5 Å². The predicted molar refractivity (Wildman–Crippen MR) is 163 cm³/mol. The summed E-state index contributed by atoms with van der Waals surface area (Å²) < 4.78 is 18.1. The third kappa shape index (κ3) is 5.63. The second-order valence-electron chi connectivity index (χ2n) is 10.3. The molecule has 1 amide bonds. The number of pyridine rings is 1. The van der Waals surface area contributed by atoms with Gasteiger partial charge < -0.3 is 19.1 Å². The summed E-state index contributed by atoms with van der Waals surface area (Å²) in [5, 5.41) is 9.92. The molecule has 220 valence electrons. The molecular formula is C30H32N4O6S2. The van der Waals surface area contributed by atoms with Crippen LogP contribution in [0.3, 0.4) is 0 Å². The number of esters is 1. The first-order chi connectivity index (χ1) is 20.3. The predicted octanol–water partition coefficient (Wildman–Crippen LogP) is 4.35. The zero-order valence-electron chi connectivity index (χ0n) is 23.8. The number of amides is 1. The molecule has 0 N–H and O–H groups in total. The Morgan fingerprint density at radius 3 is 2.64 bits per heavy atom. The number of aromatic nitrogens is 1. The Kier molecular flexibility index (Phi) is 8.89. The molecule has 0 saturated carbocycles. The normalized spacial score (nSPS) is 17.7. The van der Waals surface area contributed by atoms with Crippen LogP contribution in [0.1, 0.15) is 55.4 Å². The minimum atomic E-state index is -0.355. The fraction of sp³-hybridized carbons (Fsp3) is 0.433. The maximum atomic E-state index is 13.7. The third-order valence-electron chi connectivity index (χ3n) is 7.63. The number of carbonyl (C=O) groups is 2. The molecule has 2 aromatic rings. The van der Waals surface area contributed by atoms with E-state index >= 15 is 0 Å². The quantitative estimate of drug-likeness (QED) is 0.244. The monoisotopic (exact) mass is 608 g/mol. The number of ether oxygens (including phenoxy) is 3. The number of anilines is 1. The number of benzene rings is 1. The van der Waals surface area contributed by atoms with Crippen molar-refractivity contribution in [1.29, 1.82) is 5.26 Å². The molecule has 42 heavy (non-hydrogen) atoms. The number of hydrogen-bond acceptors (Lipinski definition) is 10. The van der Waals surface area contributed by atoms with Gasteiger partial charge in [-0.1, -0.05) is 37.0 Å². The fourth-order valence-corrected chi connectivity index (χ4v) is 6.73. The van der Waals surface area contributed by atoms with Crippen molar-refractivity contribution in [2.24, 2.45) is 5.92 Å². The van der Waals surface area contributed by atoms with Crippen molar-refractivity contribution in [3.8, 4) is 17.6 Å². The number of nitrogens with zero attached hydrogens (tertiary/aromatic N) is 4. The highest BCUT2D eigenvalue weighted by atomic mass is 32.2. The Morgan fingerprint density at radius 2 is 1.95 bits per heavy atom. The van der Waals surface area contributed by atoms with Crippen LogP contribution in [0, 0.1) is 24.2 Å². The van der Waals surface area contributed by atoms with Crippen molar-refractivity contribution in [1.82, 2.24) is 9.47 Å². The van der Waals surface area contributed by atoms with Gasteiger partial charge in [-0.05, 0) is 62.4 Å². The molecule has 3 aliphatic heterocycles. The molecule has 0 radical (unpaired) electrons. The smallest absolute Gasteiger partial charge is 0.309 e. The lowest BCUT2D eigenvalue weighted by Gasteiger charge is -2.35. The molecule has 10 nitrogen and oxygen atoms in total. The fourth-order valence-electron chi connectivity index (χ4n) is 5.49. The lowest BCUT2D eigenvalue weighted by molar-refractivity contribution is -0.148. The van der Waals surface area contributed by atoms with Gasteiger partial charge in [0.2, 0.25) is 6.79 Å². The van der Waals surface area contributed by atoms with Crippen LogP contribution in [-0.4, -0.2) is 52.2 Å². The van der Waals surface area contributed by atoms with E-state index in [0.717, 1.165) is 5.56 Å². The average molecular weight is 609 g/mol. The van der Waals surface area contributed by atoms with E-state index in [9.17, 15) is 19.6 Å². The number of nitriles is 1. The highest BCUT2D eigenvalue weighted by Gasteiger charge is 2.35. The van der Waals surface area contributed by atoms with Crippen molar-refractivity contribution < 1.29 is 23.8 Å². The number of carbonyl (C=O) groups excluding carboxylic acids is 2. The van der Waals surface area contributed by atoms with E-state index in [0.29, 0.717) is 83.2 Å². The van der Waals surface area contributed by atoms with E-state index in [1.165, 1.54) is 16.7 Å². The summed E-state index contributed by atoms with van der Waals surface area (Å²) in [6.45, 7) is 7.74. The van der Waals surface area contributed by atoms with Gasteiger partial charge >= 0.3 is 5.97 Å². The van der Waals surface area contributed by atoms with Crippen molar-refractivity contribution in [3.05, 3.63) is 55.7 Å². The van der Waals surface area contributed by atoms with Crippen molar-refractivity contribution in [2.45, 2.75) is 53.1 Å². The summed E-state index contributed by atoms with van der Waals surface area (Å²) in [6.07, 6.45) is 3.59. The van der Waals surface area contributed by atoms with Crippen LogP contribution in [0.15, 0.2) is 27.9 Å². The van der Waals surface area contributed by atoms with Gasteiger partial charge in [0, 0.05) is 25.2 Å². The second-order valence-corrected chi connectivity index (χ2v) is 12.0. The minimum absolute atomic E-state index is 0.0516. The zero-order chi connectivity index (χ0) is 30.0. The Bertz CT molecular complexity index is 1570. The van der Waals surface area contributed by atoms with Crippen LogP contribution >= 0.6 is 24.0 Å². The van der Waals surface area contributed by atoms with E-state index in [1.807, 2.05) is 25.1 Å². The SMILES string of the molecule is CCCn1c(N2CCC(C(=O)OCC)CC2)c(/C=C2\SC(=S)N(Cc3ccc4c(c3)OCO4)C2=O)c(C)c(C#N)c1=O. The molecule has 5 rings (SSSR count). The topological polar surface area (TPSA) is 114 Å². The van der Waals surface area contributed by atoms with Crippen molar-refractivity contribution in [3.63, 3.8) is 0 Å². The number of piperidine rings is 1. The summed E-state index contributed by atoms with van der Waals surface area (Å²) in [5.74, 6) is 1.28. The van der Waals surface area contributed by atoms with Gasteiger partial charge in [-0.15, -0.1) is 0 Å². The Labute approximate surface area is 253 Å². The first-order valence-electron chi connectivity index (χ1n) is 14.0. The molecule has 0 bridgehead atoms. The number of fused-ring (bicyclic) bond motifs is 1. The van der Waals surface area contributed by atoms with Gasteiger partial charge in [0.05, 0.1) is 24.0 Å². The molecule has 0 unspecified atom stereocenters. The van der Waals surface area contributed by atoms with Crippen LogP contribution in [0.4, 0.5) is 5.82 Å². The Hall–Kier alpha value is -3.82. The summed E-state index contributed by atoms with van der Waals surface area (Å²) in [7, 11) is 0. The number of rotatable bonds is 8. The van der Waals surface area contributed by atoms with Gasteiger partial charge in [-0.3, -0.25) is 23.9 Å². The molecule has 12 heteroatoms. The van der Waals surface area contributed by atoms with Crippen molar-refractivity contribution in [2.75, 3.05) is 31.4 Å². The van der Waals surface area contributed by atoms with Gasteiger partial charge in [0.1, 0.15) is 21.8 Å². The summed E-state index contributed by atoms with van der Waals surface area (Å²) in [4.78, 5) is 43.5. The first-order valence-corrected chi connectivity index (χ1v) is 15.2. The largest absolute Gasteiger partial charge is 0.466 e. The standard InChI is InChI=1S/C30H32N4O6S2/c1-4-10-33-26(32-11-8-20(9-12-32)29(37)38-5-2)21(18(3)22(15-31)27(33)35)14-25-28(36)34(30(41)42-25)16-19-6-7-23-24(13-19)40-17-39-23/h6-7,13-14,20H,4-5,8-12,16-17H2,1-3H3/b25-14-. The van der Waals surface area contributed by atoms with Gasteiger partial charge in [-0.2, -0.15) is 5.26 Å². The minimum Gasteiger partial charge on any atom is -0.466 e. The maximum absolute atomic E-state index is 13.7. The molecule has 1 aromatic heterocycles. The molecule has 1 aromatic carbocycles. The summed E-state index contributed by atoms with van der Waals surface area (Å²) in [5.41, 5.74) is 1.69. The van der Waals surface area contributed by atoms with Gasteiger partial charge in [0.15, 0.2) is 11.5 Å². The van der Waals surface area contributed by atoms with E-state index in [2.05, 4.69) is 11.0 Å². The van der Waals surface area contributed by atoms with Crippen LogP contribution in [0.5, 0.6) is 11.5 Å². The zero-order valence-corrected chi connectivity index (χ0v) is 25.4. The van der Waals surface area contributed by atoms with E-state index in [-0.39, 0.29) is 42.3 Å². The number of thiocarbonyl (C=S) groups is 1. The lowest BCUT2D eigenvalue weighted by Crippen LogP contribution is -2.41. The van der Waals surface area contributed by atoms with Crippen LogP contribution in [-0.2, 0) is 27.4 Å². The molecule has 0 atom stereocenters. The number of thioether (sulfide) groups is 1. The highest BCUT2D eigenvalue weighted by molar-refractivity contribution is 8.26. The molecular weight excluding hydrogens is 576 g/mol. The maximum Gasteiger partial charge on any atom is 0.309 e. The van der Waals surface area contributed by atoms with Crippen molar-refractivity contribution >= 4 is 52.1 Å². The molecule has 2 saturated heterocycles. The molecule has 4 heterocycles. The van der Waals surface area contributed by atoms with Crippen LogP contribution in [0.25, 0.3) is 6.08 Å². The summed E-state index contributed by atoms with van der Waals surface area (Å²) >= 11 is 6.80. The van der Waals surface area contributed by atoms with E-state index in [1.54, 1.807) is 24.5 Å². The molecule has 0 aliphatic carbocycles. The molecule has 2 fully saturated rings. The third-order valence-corrected chi connectivity index (χ3v) is 9.01. The second kappa shape index (κ2) is 12.6. The average Bonchev–Trinajstić information content (AvgIpc) is 3.56. The van der Waals surface area contributed by atoms with E-state index in [4.69, 9.17) is 26.4 Å². The Balaban J connectivity index is 1.51. The number of hydrogen-bond donors (Lipinski definition) is 0. The summed E-state index contributed by atoms with van der Waals surface area (Å²) in [6, 6.07) is 7.61. The Morgan fingerprint density at radius 1 is 1.21 bits per heavy atom. The van der Waals surface area contributed by atoms with Crippen LogP contribution in [0.2, 0.25) is 0 Å². The van der Waals surface area contributed by atoms with Crippen LogP contribution < -0.4 is 19.9 Å². The molecule has 0 spiro atoms. The van der Waals surface area contributed by atoms with E-state index < -0.39 is 0 Å². The lowest BCUT2D eigenvalue weighted by atomic mass is 9.95. The first kappa shape index (κ1) is 29.7.